The Hall–Kier alpha value is -1.85. The summed E-state index contributed by atoms with van der Waals surface area (Å²) in [5.74, 6) is 1.59. The molecule has 0 unspecified atom stereocenters. The summed E-state index contributed by atoms with van der Waals surface area (Å²) >= 11 is 0. The molecular weight excluding hydrogens is 230 g/mol. The Kier molecular flexibility index (Phi) is 3.96. The van der Waals surface area contributed by atoms with Gasteiger partial charge in [-0.05, 0) is 20.3 Å². The minimum absolute atomic E-state index is 0.286. The first kappa shape index (κ1) is 12.6. The molecule has 2 aromatic heterocycles. The first-order chi connectivity index (χ1) is 8.70. The van der Waals surface area contributed by atoms with E-state index in [1.54, 1.807) is 12.5 Å². The Morgan fingerprint density at radius 2 is 2.17 bits per heavy atom. The van der Waals surface area contributed by atoms with Crippen LogP contribution in [0.1, 0.15) is 39.1 Å². The smallest absolute Gasteiger partial charge is 0.165 e. The molecule has 0 bridgehead atoms. The molecule has 6 heteroatoms. The van der Waals surface area contributed by atoms with E-state index in [4.69, 9.17) is 4.74 Å². The molecule has 0 atom stereocenters. The van der Waals surface area contributed by atoms with Crippen molar-refractivity contribution in [2.24, 2.45) is 0 Å². The summed E-state index contributed by atoms with van der Waals surface area (Å²) in [7, 11) is 0. The van der Waals surface area contributed by atoms with Gasteiger partial charge in [-0.25, -0.2) is 9.67 Å². The second kappa shape index (κ2) is 5.66. The van der Waals surface area contributed by atoms with E-state index in [0.717, 1.165) is 24.5 Å². The summed E-state index contributed by atoms with van der Waals surface area (Å²) in [6, 6.07) is 0.286. The number of ether oxygens (including phenoxy) is 1. The van der Waals surface area contributed by atoms with Gasteiger partial charge in [-0.15, -0.1) is 0 Å². The van der Waals surface area contributed by atoms with Crippen molar-refractivity contribution in [2.45, 2.75) is 46.4 Å². The number of rotatable bonds is 6. The molecular formula is C12H19N5O. The van der Waals surface area contributed by atoms with Gasteiger partial charge in [0.2, 0.25) is 0 Å². The van der Waals surface area contributed by atoms with Crippen molar-refractivity contribution in [1.82, 2.24) is 24.5 Å². The largest absolute Gasteiger partial charge is 0.482 e. The molecule has 0 aromatic carbocycles. The van der Waals surface area contributed by atoms with Crippen LogP contribution in [0.15, 0.2) is 18.7 Å². The summed E-state index contributed by atoms with van der Waals surface area (Å²) < 4.78 is 9.40. The molecule has 0 aliphatic heterocycles. The summed E-state index contributed by atoms with van der Waals surface area (Å²) in [6.45, 7) is 7.57. The van der Waals surface area contributed by atoms with Crippen LogP contribution in [0, 0.1) is 0 Å². The number of hydrogen-bond acceptors (Lipinski definition) is 4. The lowest BCUT2D eigenvalue weighted by molar-refractivity contribution is 0.282. The molecule has 0 spiro atoms. The van der Waals surface area contributed by atoms with Gasteiger partial charge in [-0.3, -0.25) is 4.68 Å². The molecule has 2 aromatic rings. The van der Waals surface area contributed by atoms with Gasteiger partial charge in [-0.1, -0.05) is 6.92 Å². The molecule has 0 saturated heterocycles. The van der Waals surface area contributed by atoms with Crippen LogP contribution in [0.2, 0.25) is 0 Å². The molecule has 0 amide bonds. The minimum atomic E-state index is 0.286. The van der Waals surface area contributed by atoms with Crippen LogP contribution in [-0.4, -0.2) is 24.5 Å². The number of hydrogen-bond donors (Lipinski definition) is 0. The third kappa shape index (κ3) is 2.88. The highest BCUT2D eigenvalue weighted by Crippen LogP contribution is 2.12. The van der Waals surface area contributed by atoms with Gasteiger partial charge in [0.25, 0.3) is 0 Å². The van der Waals surface area contributed by atoms with Crippen molar-refractivity contribution in [3.8, 4) is 5.75 Å². The van der Waals surface area contributed by atoms with Crippen LogP contribution >= 0.6 is 0 Å². The van der Waals surface area contributed by atoms with Gasteiger partial charge in [0.15, 0.2) is 11.6 Å². The van der Waals surface area contributed by atoms with Crippen LogP contribution < -0.4 is 4.74 Å². The van der Waals surface area contributed by atoms with E-state index in [2.05, 4.69) is 36.0 Å². The van der Waals surface area contributed by atoms with E-state index in [1.165, 1.54) is 0 Å². The van der Waals surface area contributed by atoms with E-state index in [9.17, 15) is 0 Å². The first-order valence-corrected chi connectivity index (χ1v) is 6.24. The predicted octanol–water partition coefficient (Wildman–Crippen LogP) is 2.04. The molecule has 98 valence electrons. The zero-order valence-corrected chi connectivity index (χ0v) is 11.1. The van der Waals surface area contributed by atoms with Crippen LogP contribution in [0.3, 0.4) is 0 Å². The first-order valence-electron chi connectivity index (χ1n) is 6.24. The third-order valence-corrected chi connectivity index (χ3v) is 2.57. The highest BCUT2D eigenvalue weighted by atomic mass is 16.5. The third-order valence-electron chi connectivity index (χ3n) is 2.57. The Balaban J connectivity index is 1.96. The fourth-order valence-electron chi connectivity index (χ4n) is 1.73. The number of nitrogens with zero attached hydrogens (tertiary/aromatic N) is 5. The molecule has 0 fully saturated rings. The van der Waals surface area contributed by atoms with E-state index in [1.807, 2.05) is 15.6 Å². The van der Waals surface area contributed by atoms with Gasteiger partial charge in [0.05, 0.1) is 12.4 Å². The van der Waals surface area contributed by atoms with Gasteiger partial charge in [0, 0.05) is 12.6 Å². The van der Waals surface area contributed by atoms with Crippen molar-refractivity contribution < 1.29 is 4.74 Å². The second-order valence-electron chi connectivity index (χ2n) is 4.44. The molecule has 2 rings (SSSR count). The molecule has 0 radical (unpaired) electrons. The monoisotopic (exact) mass is 249 g/mol. The molecule has 0 N–H and O–H groups in total. The molecule has 2 heterocycles. The van der Waals surface area contributed by atoms with Crippen molar-refractivity contribution in [3.63, 3.8) is 0 Å². The predicted molar refractivity (Wildman–Crippen MR) is 67.3 cm³/mol. The van der Waals surface area contributed by atoms with Crippen LogP contribution in [-0.2, 0) is 13.2 Å². The Bertz CT molecular complexity index is 488. The minimum Gasteiger partial charge on any atom is -0.482 e. The average molecular weight is 249 g/mol. The highest BCUT2D eigenvalue weighted by molar-refractivity contribution is 5.11. The van der Waals surface area contributed by atoms with Crippen molar-refractivity contribution in [2.75, 3.05) is 0 Å². The number of aromatic nitrogens is 5. The molecule has 18 heavy (non-hydrogen) atoms. The van der Waals surface area contributed by atoms with Crippen molar-refractivity contribution in [3.05, 3.63) is 24.5 Å². The molecule has 6 nitrogen and oxygen atoms in total. The topological polar surface area (TPSA) is 57.8 Å². The van der Waals surface area contributed by atoms with Gasteiger partial charge >= 0.3 is 0 Å². The maximum atomic E-state index is 5.66. The lowest BCUT2D eigenvalue weighted by atomic mass is 10.4. The van der Waals surface area contributed by atoms with E-state index in [0.29, 0.717) is 6.61 Å². The lowest BCUT2D eigenvalue weighted by Gasteiger charge is -2.09. The van der Waals surface area contributed by atoms with E-state index < -0.39 is 0 Å². The Morgan fingerprint density at radius 1 is 1.33 bits per heavy atom. The maximum absolute atomic E-state index is 5.66. The zero-order valence-electron chi connectivity index (χ0n) is 11.1. The molecule has 0 aliphatic rings. The van der Waals surface area contributed by atoms with Crippen molar-refractivity contribution in [1.29, 1.82) is 0 Å². The summed E-state index contributed by atoms with van der Waals surface area (Å²) in [5.41, 5.74) is 0. The van der Waals surface area contributed by atoms with Crippen LogP contribution in [0.5, 0.6) is 5.75 Å². The number of aryl methyl sites for hydroxylation is 1. The van der Waals surface area contributed by atoms with Crippen LogP contribution in [0.25, 0.3) is 0 Å². The van der Waals surface area contributed by atoms with Gasteiger partial charge in [-0.2, -0.15) is 10.2 Å². The Labute approximate surface area is 107 Å². The van der Waals surface area contributed by atoms with Gasteiger partial charge in [0.1, 0.15) is 12.9 Å². The maximum Gasteiger partial charge on any atom is 0.165 e. The fourth-order valence-corrected chi connectivity index (χ4v) is 1.73. The second-order valence-corrected chi connectivity index (χ2v) is 4.44. The summed E-state index contributed by atoms with van der Waals surface area (Å²) in [5, 5.41) is 8.38. The molecule has 0 saturated carbocycles. The quantitative estimate of drug-likeness (QED) is 0.786. The summed E-state index contributed by atoms with van der Waals surface area (Å²) in [4.78, 5) is 4.20. The standard InChI is InChI=1S/C12H19N5O/c1-4-5-16-7-11(6-14-16)18-8-12-13-9-15-17(12)10(2)3/h6-7,9-10H,4-5,8H2,1-3H3. The van der Waals surface area contributed by atoms with Gasteiger partial charge < -0.3 is 4.74 Å². The highest BCUT2D eigenvalue weighted by Gasteiger charge is 2.08. The fraction of sp³-hybridized carbons (Fsp3) is 0.583. The van der Waals surface area contributed by atoms with E-state index >= 15 is 0 Å². The normalized spacial score (nSPS) is 11.1. The average Bonchev–Trinajstić information content (AvgIpc) is 2.95. The van der Waals surface area contributed by atoms with Crippen LogP contribution in [0.4, 0.5) is 0 Å². The molecule has 0 aliphatic carbocycles. The zero-order chi connectivity index (χ0) is 13.0. The Morgan fingerprint density at radius 3 is 2.89 bits per heavy atom. The van der Waals surface area contributed by atoms with E-state index in [-0.39, 0.29) is 6.04 Å². The van der Waals surface area contributed by atoms with Crippen molar-refractivity contribution >= 4 is 0 Å². The summed E-state index contributed by atoms with van der Waals surface area (Å²) in [6.07, 6.45) is 6.24. The SMILES string of the molecule is CCCn1cc(OCc2ncnn2C(C)C)cn1. The lowest BCUT2D eigenvalue weighted by Crippen LogP contribution is -2.10.